The number of hydrogen-bond acceptors (Lipinski definition) is 3. The molecule has 4 aliphatic rings. The number of nitrogens with one attached hydrogen (secondary N) is 1. The third-order valence-corrected chi connectivity index (χ3v) is 7.01. The first kappa shape index (κ1) is 16.9. The lowest BCUT2D eigenvalue weighted by molar-refractivity contribution is -0.0306. The third-order valence-electron chi connectivity index (χ3n) is 7.01. The Balaban J connectivity index is 1.49. The van der Waals surface area contributed by atoms with E-state index in [1.165, 1.54) is 103 Å². The summed E-state index contributed by atoms with van der Waals surface area (Å²) < 4.78 is 0. The van der Waals surface area contributed by atoms with Crippen LogP contribution >= 0.6 is 0 Å². The molecule has 3 aliphatic carbocycles. The summed E-state index contributed by atoms with van der Waals surface area (Å²) in [6.07, 6.45) is 23.9. The average molecular weight is 332 g/mol. The molecule has 0 bridgehead atoms. The van der Waals surface area contributed by atoms with Gasteiger partial charge in [0, 0.05) is 24.8 Å². The molecule has 1 aliphatic heterocycles. The fourth-order valence-corrected chi connectivity index (χ4v) is 5.49. The lowest BCUT2D eigenvalue weighted by Gasteiger charge is -2.46. The fourth-order valence-electron chi connectivity index (χ4n) is 5.49. The van der Waals surface area contributed by atoms with E-state index in [0.717, 1.165) is 18.0 Å². The highest BCUT2D eigenvalue weighted by Gasteiger charge is 2.32. The van der Waals surface area contributed by atoms with Crippen molar-refractivity contribution in [2.24, 2.45) is 5.92 Å². The van der Waals surface area contributed by atoms with E-state index in [2.05, 4.69) is 21.8 Å². The van der Waals surface area contributed by atoms with Gasteiger partial charge >= 0.3 is 0 Å². The van der Waals surface area contributed by atoms with Crippen LogP contribution in [-0.2, 0) is 0 Å². The maximum atomic E-state index is 3.85. The molecule has 0 spiro atoms. The van der Waals surface area contributed by atoms with Gasteiger partial charge in [-0.25, -0.2) is 5.01 Å². The van der Waals surface area contributed by atoms with E-state index in [0.29, 0.717) is 0 Å². The first-order valence-corrected chi connectivity index (χ1v) is 10.9. The van der Waals surface area contributed by atoms with Crippen molar-refractivity contribution in [3.05, 3.63) is 11.8 Å². The topological polar surface area (TPSA) is 18.5 Å². The first-order chi connectivity index (χ1) is 11.9. The normalized spacial score (nSPS) is 29.7. The van der Waals surface area contributed by atoms with Gasteiger partial charge in [-0.15, -0.1) is 0 Å². The van der Waals surface area contributed by atoms with E-state index in [-0.39, 0.29) is 0 Å². The molecule has 0 radical (unpaired) electrons. The summed E-state index contributed by atoms with van der Waals surface area (Å²) in [5.41, 5.74) is 5.59. The Morgan fingerprint density at radius 1 is 0.667 bits per heavy atom. The van der Waals surface area contributed by atoms with Crippen LogP contribution in [0.1, 0.15) is 96.3 Å². The largest absolute Gasteiger partial charge is 0.299 e. The second-order valence-corrected chi connectivity index (χ2v) is 8.76. The summed E-state index contributed by atoms with van der Waals surface area (Å²) in [4.78, 5) is 0. The molecule has 0 amide bonds. The molecule has 3 saturated carbocycles. The number of hydrazine groups is 2. The lowest BCUT2D eigenvalue weighted by Crippen LogP contribution is -2.59. The molecular weight excluding hydrogens is 294 g/mol. The van der Waals surface area contributed by atoms with Crippen LogP contribution in [0.3, 0.4) is 0 Å². The standard InChI is InChI=1S/C21H37N3/c1-4-10-18(11-5-1)19-16-23(20-12-6-2-7-13-20)22-24(17-19)21-14-8-3-9-15-21/h16,18,20-22H,1-15,17H2. The second-order valence-electron chi connectivity index (χ2n) is 8.76. The van der Waals surface area contributed by atoms with Crippen LogP contribution < -0.4 is 5.53 Å². The van der Waals surface area contributed by atoms with Crippen LogP contribution in [-0.4, -0.2) is 28.6 Å². The quantitative estimate of drug-likeness (QED) is 0.771. The van der Waals surface area contributed by atoms with Crippen molar-refractivity contribution in [3.63, 3.8) is 0 Å². The van der Waals surface area contributed by atoms with Crippen LogP contribution in [0.25, 0.3) is 0 Å². The Kier molecular flexibility index (Phi) is 5.79. The zero-order valence-corrected chi connectivity index (χ0v) is 15.5. The third kappa shape index (κ3) is 3.99. The number of nitrogens with zero attached hydrogens (tertiary/aromatic N) is 2. The second kappa shape index (κ2) is 8.23. The van der Waals surface area contributed by atoms with Gasteiger partial charge < -0.3 is 0 Å². The van der Waals surface area contributed by atoms with Gasteiger partial charge in [0.05, 0.1) is 0 Å². The fraction of sp³-hybridized carbons (Fsp3) is 0.905. The number of rotatable bonds is 3. The highest BCUT2D eigenvalue weighted by Crippen LogP contribution is 2.34. The Hall–Kier alpha value is -0.540. The average Bonchev–Trinajstić information content (AvgIpc) is 2.70. The smallest absolute Gasteiger partial charge is 0.0461 e. The molecular formula is C21H37N3. The van der Waals surface area contributed by atoms with Crippen molar-refractivity contribution in [2.45, 2.75) is 108 Å². The van der Waals surface area contributed by atoms with E-state index in [4.69, 9.17) is 0 Å². The van der Waals surface area contributed by atoms with Crippen LogP contribution in [0.5, 0.6) is 0 Å². The lowest BCUT2D eigenvalue weighted by atomic mass is 9.83. The summed E-state index contributed by atoms with van der Waals surface area (Å²) in [7, 11) is 0. The molecule has 4 rings (SSSR count). The molecule has 1 heterocycles. The first-order valence-electron chi connectivity index (χ1n) is 10.9. The molecule has 24 heavy (non-hydrogen) atoms. The van der Waals surface area contributed by atoms with Crippen molar-refractivity contribution < 1.29 is 0 Å². The molecule has 0 aromatic rings. The summed E-state index contributed by atoms with van der Waals surface area (Å²) in [5, 5.41) is 5.18. The maximum absolute atomic E-state index is 3.85. The van der Waals surface area contributed by atoms with Crippen molar-refractivity contribution in [1.82, 2.24) is 15.6 Å². The molecule has 0 unspecified atom stereocenters. The maximum Gasteiger partial charge on any atom is 0.0461 e. The minimum Gasteiger partial charge on any atom is -0.299 e. The van der Waals surface area contributed by atoms with E-state index < -0.39 is 0 Å². The summed E-state index contributed by atoms with van der Waals surface area (Å²) in [5.74, 6) is 0.859. The zero-order valence-electron chi connectivity index (χ0n) is 15.5. The molecule has 1 N–H and O–H groups in total. The van der Waals surface area contributed by atoms with Gasteiger partial charge in [-0.1, -0.05) is 57.8 Å². The van der Waals surface area contributed by atoms with Crippen LogP contribution in [0.15, 0.2) is 11.8 Å². The molecule has 0 aromatic heterocycles. The van der Waals surface area contributed by atoms with Gasteiger partial charge in [0.2, 0.25) is 0 Å². The predicted molar refractivity (Wildman–Crippen MR) is 100 cm³/mol. The molecule has 3 nitrogen and oxygen atoms in total. The highest BCUT2D eigenvalue weighted by molar-refractivity contribution is 5.12. The van der Waals surface area contributed by atoms with Crippen molar-refractivity contribution in [1.29, 1.82) is 0 Å². The summed E-state index contributed by atoms with van der Waals surface area (Å²) in [6.45, 7) is 1.18. The zero-order chi connectivity index (χ0) is 16.2. The van der Waals surface area contributed by atoms with E-state index in [1.807, 2.05) is 0 Å². The summed E-state index contributed by atoms with van der Waals surface area (Å²) in [6, 6.07) is 1.49. The summed E-state index contributed by atoms with van der Waals surface area (Å²) >= 11 is 0. The van der Waals surface area contributed by atoms with Gasteiger partial charge in [0.1, 0.15) is 0 Å². The van der Waals surface area contributed by atoms with Gasteiger partial charge in [-0.05, 0) is 50.0 Å². The Morgan fingerprint density at radius 2 is 1.21 bits per heavy atom. The van der Waals surface area contributed by atoms with Gasteiger partial charge in [0.15, 0.2) is 0 Å². The molecule has 3 heteroatoms. The van der Waals surface area contributed by atoms with Crippen molar-refractivity contribution >= 4 is 0 Å². The minimum absolute atomic E-state index is 0.726. The molecule has 136 valence electrons. The molecule has 0 saturated heterocycles. The molecule has 3 fully saturated rings. The SMILES string of the molecule is C1=C(C2CCCCC2)CN(C2CCCCC2)NN1C1CCCCC1. The van der Waals surface area contributed by atoms with E-state index in [1.54, 1.807) is 5.57 Å². The van der Waals surface area contributed by atoms with E-state index >= 15 is 0 Å². The van der Waals surface area contributed by atoms with Gasteiger partial charge in [-0.2, -0.15) is 5.53 Å². The number of hydrogen-bond donors (Lipinski definition) is 1. The minimum atomic E-state index is 0.726. The van der Waals surface area contributed by atoms with Crippen LogP contribution in [0.4, 0.5) is 0 Å². The van der Waals surface area contributed by atoms with Crippen LogP contribution in [0.2, 0.25) is 0 Å². The predicted octanol–water partition coefficient (Wildman–Crippen LogP) is 5.15. The molecule has 0 aromatic carbocycles. The van der Waals surface area contributed by atoms with Crippen LogP contribution in [0, 0.1) is 5.92 Å². The van der Waals surface area contributed by atoms with Crippen molar-refractivity contribution in [3.8, 4) is 0 Å². The Labute approximate surface area is 148 Å². The van der Waals surface area contributed by atoms with E-state index in [9.17, 15) is 0 Å². The Bertz CT molecular complexity index is 415. The molecule has 0 atom stereocenters. The monoisotopic (exact) mass is 331 g/mol. The Morgan fingerprint density at radius 3 is 1.83 bits per heavy atom. The van der Waals surface area contributed by atoms with Gasteiger partial charge in [-0.3, -0.25) is 5.01 Å². The van der Waals surface area contributed by atoms with Crippen molar-refractivity contribution in [2.75, 3.05) is 6.54 Å². The highest BCUT2D eigenvalue weighted by atomic mass is 15.8. The van der Waals surface area contributed by atoms with Gasteiger partial charge in [0.25, 0.3) is 0 Å².